The van der Waals surface area contributed by atoms with E-state index in [1.165, 1.54) is 31.2 Å². The Labute approximate surface area is 114 Å². The molecule has 2 rings (SSSR count). The van der Waals surface area contributed by atoms with Crippen molar-refractivity contribution in [3.63, 3.8) is 0 Å². The zero-order valence-corrected chi connectivity index (χ0v) is 11.3. The maximum Gasteiger partial charge on any atom is 0.166 e. The van der Waals surface area contributed by atoms with Gasteiger partial charge in [0.2, 0.25) is 0 Å². The molecule has 0 radical (unpaired) electrons. The first-order valence-corrected chi connectivity index (χ1v) is 6.97. The molecule has 0 unspecified atom stereocenters. The lowest BCUT2D eigenvalue weighted by Crippen LogP contribution is -2.41. The third-order valence-corrected chi connectivity index (χ3v) is 3.59. The van der Waals surface area contributed by atoms with E-state index >= 15 is 0 Å². The Hall–Kier alpha value is -1.29. The fourth-order valence-electron chi connectivity index (χ4n) is 2.29. The number of phenols is 1. The molecule has 0 atom stereocenters. The minimum atomic E-state index is 0.310. The van der Waals surface area contributed by atoms with Gasteiger partial charge in [0.15, 0.2) is 5.11 Å². The van der Waals surface area contributed by atoms with Gasteiger partial charge in [-0.25, -0.2) is 0 Å². The largest absolute Gasteiger partial charge is 0.508 e. The van der Waals surface area contributed by atoms with E-state index in [-0.39, 0.29) is 0 Å². The van der Waals surface area contributed by atoms with Crippen molar-refractivity contribution >= 4 is 17.3 Å². The Balaban J connectivity index is 1.65. The molecule has 0 saturated heterocycles. The molecule has 0 amide bonds. The van der Waals surface area contributed by atoms with Gasteiger partial charge in [0.05, 0.1) is 0 Å². The summed E-state index contributed by atoms with van der Waals surface area (Å²) in [7, 11) is 0. The van der Waals surface area contributed by atoms with Crippen molar-refractivity contribution in [3.05, 3.63) is 29.8 Å². The third kappa shape index (κ3) is 4.18. The van der Waals surface area contributed by atoms with E-state index in [0.717, 1.165) is 18.1 Å². The van der Waals surface area contributed by atoms with E-state index in [1.807, 2.05) is 12.1 Å². The van der Waals surface area contributed by atoms with Crippen LogP contribution < -0.4 is 10.6 Å². The topological polar surface area (TPSA) is 44.3 Å². The van der Waals surface area contributed by atoms with E-state index < -0.39 is 0 Å². The Morgan fingerprint density at radius 3 is 2.56 bits per heavy atom. The van der Waals surface area contributed by atoms with Gasteiger partial charge in [0.25, 0.3) is 0 Å². The molecular weight excluding hydrogens is 244 g/mol. The summed E-state index contributed by atoms with van der Waals surface area (Å²) in [5.41, 5.74) is 1.20. The predicted molar refractivity (Wildman–Crippen MR) is 77.8 cm³/mol. The second kappa shape index (κ2) is 6.59. The standard InChI is InChI=1S/C14H20N2OS/c17-13-7-5-11(6-8-13)9-10-15-14(18)16-12-3-1-2-4-12/h5-8,12,17H,1-4,9-10H2,(H2,15,16,18). The van der Waals surface area contributed by atoms with E-state index in [0.29, 0.717) is 11.8 Å². The molecule has 0 aliphatic heterocycles. The zero-order chi connectivity index (χ0) is 12.8. The van der Waals surface area contributed by atoms with Crippen LogP contribution in [0.15, 0.2) is 24.3 Å². The second-order valence-corrected chi connectivity index (χ2v) is 5.21. The number of rotatable bonds is 4. The van der Waals surface area contributed by atoms with Crippen molar-refractivity contribution in [3.8, 4) is 5.75 Å². The van der Waals surface area contributed by atoms with E-state index in [9.17, 15) is 5.11 Å². The zero-order valence-electron chi connectivity index (χ0n) is 10.5. The fraction of sp³-hybridized carbons (Fsp3) is 0.500. The number of benzene rings is 1. The molecule has 1 saturated carbocycles. The van der Waals surface area contributed by atoms with Crippen molar-refractivity contribution in [2.45, 2.75) is 38.1 Å². The Bertz CT molecular complexity index is 385. The fourth-order valence-corrected chi connectivity index (χ4v) is 2.56. The van der Waals surface area contributed by atoms with E-state index in [4.69, 9.17) is 12.2 Å². The van der Waals surface area contributed by atoms with Crippen molar-refractivity contribution in [1.82, 2.24) is 10.6 Å². The summed E-state index contributed by atoms with van der Waals surface area (Å²) in [4.78, 5) is 0. The second-order valence-electron chi connectivity index (χ2n) is 4.80. The summed E-state index contributed by atoms with van der Waals surface area (Å²) in [6.07, 6.45) is 6.01. The van der Waals surface area contributed by atoms with Crippen LogP contribution in [0.4, 0.5) is 0 Å². The van der Waals surface area contributed by atoms with Gasteiger partial charge in [-0.05, 0) is 49.2 Å². The Morgan fingerprint density at radius 1 is 1.22 bits per heavy atom. The molecular formula is C14H20N2OS. The first-order chi connectivity index (χ1) is 8.74. The van der Waals surface area contributed by atoms with Crippen LogP contribution >= 0.6 is 12.2 Å². The highest BCUT2D eigenvalue weighted by atomic mass is 32.1. The van der Waals surface area contributed by atoms with Crippen molar-refractivity contribution in [2.75, 3.05) is 6.54 Å². The molecule has 1 aromatic carbocycles. The van der Waals surface area contributed by atoms with Crippen molar-refractivity contribution in [2.24, 2.45) is 0 Å². The molecule has 18 heavy (non-hydrogen) atoms. The minimum absolute atomic E-state index is 0.310. The van der Waals surface area contributed by atoms with Gasteiger partial charge in [0.1, 0.15) is 5.75 Å². The molecule has 0 heterocycles. The average molecular weight is 264 g/mol. The molecule has 1 aliphatic rings. The van der Waals surface area contributed by atoms with Gasteiger partial charge in [-0.1, -0.05) is 25.0 Å². The van der Waals surface area contributed by atoms with Crippen LogP contribution in [0.5, 0.6) is 5.75 Å². The molecule has 1 fully saturated rings. The van der Waals surface area contributed by atoms with Crippen LogP contribution in [0.1, 0.15) is 31.2 Å². The first kappa shape index (κ1) is 13.1. The van der Waals surface area contributed by atoms with E-state index in [1.54, 1.807) is 12.1 Å². The first-order valence-electron chi connectivity index (χ1n) is 6.56. The van der Waals surface area contributed by atoms with Crippen LogP contribution in [-0.2, 0) is 6.42 Å². The van der Waals surface area contributed by atoms with Crippen LogP contribution in [0.25, 0.3) is 0 Å². The number of hydrogen-bond donors (Lipinski definition) is 3. The molecule has 0 bridgehead atoms. The number of aromatic hydroxyl groups is 1. The summed E-state index contributed by atoms with van der Waals surface area (Å²) in [6.45, 7) is 0.823. The highest BCUT2D eigenvalue weighted by molar-refractivity contribution is 7.80. The van der Waals surface area contributed by atoms with Gasteiger partial charge in [-0.2, -0.15) is 0 Å². The monoisotopic (exact) mass is 264 g/mol. The maximum absolute atomic E-state index is 9.18. The summed E-state index contributed by atoms with van der Waals surface area (Å²) >= 11 is 5.26. The Morgan fingerprint density at radius 2 is 1.89 bits per heavy atom. The average Bonchev–Trinajstić information content (AvgIpc) is 2.84. The number of hydrogen-bond acceptors (Lipinski definition) is 2. The minimum Gasteiger partial charge on any atom is -0.508 e. The summed E-state index contributed by atoms with van der Waals surface area (Å²) in [5, 5.41) is 16.5. The summed E-state index contributed by atoms with van der Waals surface area (Å²) in [6, 6.07) is 7.86. The SMILES string of the molecule is Oc1ccc(CCNC(=S)NC2CCCC2)cc1. The summed E-state index contributed by atoms with van der Waals surface area (Å²) in [5.74, 6) is 0.310. The molecule has 0 spiro atoms. The Kier molecular flexibility index (Phi) is 4.81. The predicted octanol–water partition coefficient (Wildman–Crippen LogP) is 2.34. The van der Waals surface area contributed by atoms with Gasteiger partial charge in [-0.3, -0.25) is 0 Å². The lowest BCUT2D eigenvalue weighted by atomic mass is 10.1. The molecule has 1 aliphatic carbocycles. The van der Waals surface area contributed by atoms with Crippen LogP contribution in [-0.4, -0.2) is 22.8 Å². The lowest BCUT2D eigenvalue weighted by molar-refractivity contribution is 0.475. The highest BCUT2D eigenvalue weighted by Crippen LogP contribution is 2.17. The molecule has 3 nitrogen and oxygen atoms in total. The lowest BCUT2D eigenvalue weighted by Gasteiger charge is -2.15. The molecule has 0 aromatic heterocycles. The molecule has 4 heteroatoms. The highest BCUT2D eigenvalue weighted by Gasteiger charge is 2.14. The maximum atomic E-state index is 9.18. The van der Waals surface area contributed by atoms with Crippen molar-refractivity contribution in [1.29, 1.82) is 0 Å². The normalized spacial score (nSPS) is 15.6. The third-order valence-electron chi connectivity index (χ3n) is 3.33. The number of nitrogens with one attached hydrogen (secondary N) is 2. The number of thiocarbonyl (C=S) groups is 1. The van der Waals surface area contributed by atoms with Crippen LogP contribution in [0.2, 0.25) is 0 Å². The quantitative estimate of drug-likeness (QED) is 0.730. The van der Waals surface area contributed by atoms with Gasteiger partial charge in [-0.15, -0.1) is 0 Å². The molecule has 1 aromatic rings. The van der Waals surface area contributed by atoms with Gasteiger partial charge in [0, 0.05) is 12.6 Å². The number of phenolic OH excluding ortho intramolecular Hbond substituents is 1. The van der Waals surface area contributed by atoms with Crippen LogP contribution in [0.3, 0.4) is 0 Å². The van der Waals surface area contributed by atoms with Gasteiger partial charge >= 0.3 is 0 Å². The van der Waals surface area contributed by atoms with Crippen LogP contribution in [0, 0.1) is 0 Å². The van der Waals surface area contributed by atoms with Gasteiger partial charge < -0.3 is 15.7 Å². The van der Waals surface area contributed by atoms with E-state index in [2.05, 4.69) is 10.6 Å². The molecule has 98 valence electrons. The smallest absolute Gasteiger partial charge is 0.166 e. The van der Waals surface area contributed by atoms with Crippen molar-refractivity contribution < 1.29 is 5.11 Å². The molecule has 3 N–H and O–H groups in total. The summed E-state index contributed by atoms with van der Waals surface area (Å²) < 4.78 is 0.